The Kier molecular flexibility index (Phi) is 5.69. The van der Waals surface area contributed by atoms with Crippen LogP contribution >= 0.6 is 0 Å². The minimum atomic E-state index is -0.458. The van der Waals surface area contributed by atoms with Gasteiger partial charge in [0.15, 0.2) is 0 Å². The van der Waals surface area contributed by atoms with E-state index in [1.54, 1.807) is 43.5 Å². The molecule has 3 aromatic rings. The first-order valence-electron chi connectivity index (χ1n) is 10.2. The molecule has 162 valence electrons. The van der Waals surface area contributed by atoms with Crippen molar-refractivity contribution >= 4 is 28.8 Å². The lowest BCUT2D eigenvalue weighted by Gasteiger charge is -2.18. The van der Waals surface area contributed by atoms with E-state index in [-0.39, 0.29) is 5.70 Å². The fourth-order valence-corrected chi connectivity index (χ4v) is 3.91. The number of anilines is 2. The lowest BCUT2D eigenvalue weighted by atomic mass is 9.97. The van der Waals surface area contributed by atoms with E-state index in [4.69, 9.17) is 9.47 Å². The number of amides is 2. The molecule has 0 aromatic heterocycles. The van der Waals surface area contributed by atoms with Gasteiger partial charge in [-0.2, -0.15) is 0 Å². The molecular weight excluding hydrogens is 404 g/mol. The van der Waals surface area contributed by atoms with Gasteiger partial charge in [-0.15, -0.1) is 0 Å². The molecule has 1 aliphatic rings. The number of carbonyl (C=O) groups is 2. The van der Waals surface area contributed by atoms with Crippen molar-refractivity contribution in [3.8, 4) is 11.5 Å². The normalized spacial score (nSPS) is 13.6. The molecule has 0 unspecified atom stereocenters. The lowest BCUT2D eigenvalue weighted by molar-refractivity contribution is -0.120. The molecule has 3 aromatic carbocycles. The topological polar surface area (TPSA) is 67.9 Å². The summed E-state index contributed by atoms with van der Waals surface area (Å²) in [6.07, 6.45) is 0. The maximum Gasteiger partial charge on any atom is 0.282 e. The number of nitrogens with one attached hydrogen (secondary N) is 1. The Hall–Kier alpha value is -4.06. The van der Waals surface area contributed by atoms with Gasteiger partial charge in [0.05, 0.1) is 31.2 Å². The molecule has 32 heavy (non-hydrogen) atoms. The van der Waals surface area contributed by atoms with Crippen LogP contribution in [0.25, 0.3) is 5.57 Å². The van der Waals surface area contributed by atoms with Crippen molar-refractivity contribution in [2.45, 2.75) is 13.8 Å². The number of hydrogen-bond donors (Lipinski definition) is 1. The Morgan fingerprint density at radius 3 is 2.12 bits per heavy atom. The molecule has 0 saturated heterocycles. The molecule has 6 nitrogen and oxygen atoms in total. The fourth-order valence-electron chi connectivity index (χ4n) is 3.91. The Balaban J connectivity index is 1.90. The Morgan fingerprint density at radius 1 is 0.781 bits per heavy atom. The third-order valence-electron chi connectivity index (χ3n) is 5.43. The number of para-hydroxylation sites is 4. The predicted octanol–water partition coefficient (Wildman–Crippen LogP) is 4.72. The largest absolute Gasteiger partial charge is 0.495 e. The van der Waals surface area contributed by atoms with Crippen LogP contribution in [0.5, 0.6) is 11.5 Å². The number of hydrogen-bond acceptors (Lipinski definition) is 5. The Labute approximate surface area is 187 Å². The molecule has 0 atom stereocenters. The van der Waals surface area contributed by atoms with Crippen molar-refractivity contribution in [1.82, 2.24) is 0 Å². The van der Waals surface area contributed by atoms with Crippen LogP contribution in [-0.2, 0) is 9.59 Å². The first-order valence-corrected chi connectivity index (χ1v) is 10.2. The molecule has 0 spiro atoms. The zero-order chi connectivity index (χ0) is 22.8. The van der Waals surface area contributed by atoms with Crippen LogP contribution in [0.3, 0.4) is 0 Å². The highest BCUT2D eigenvalue weighted by Gasteiger charge is 2.42. The molecule has 6 heteroatoms. The van der Waals surface area contributed by atoms with Gasteiger partial charge >= 0.3 is 0 Å². The summed E-state index contributed by atoms with van der Waals surface area (Å²) < 4.78 is 10.9. The van der Waals surface area contributed by atoms with E-state index in [0.717, 1.165) is 16.0 Å². The van der Waals surface area contributed by atoms with Gasteiger partial charge in [-0.1, -0.05) is 48.0 Å². The maximum atomic E-state index is 13.7. The molecule has 0 bridgehead atoms. The van der Waals surface area contributed by atoms with Gasteiger partial charge in [0, 0.05) is 0 Å². The minimum absolute atomic E-state index is 0.192. The standard InChI is InChI=1S/C26H24N2O4/c1-16-13-14-18(17(2)15-16)23-24(27-19-9-5-7-11-21(19)31-3)26(30)28(25(23)29)20-10-6-8-12-22(20)32-4/h5-15,27H,1-4H3. The summed E-state index contributed by atoms with van der Waals surface area (Å²) >= 11 is 0. The average Bonchev–Trinajstić information content (AvgIpc) is 3.03. The first kappa shape index (κ1) is 21.2. The summed E-state index contributed by atoms with van der Waals surface area (Å²) in [6.45, 7) is 3.92. The summed E-state index contributed by atoms with van der Waals surface area (Å²) in [6, 6.07) is 20.0. The summed E-state index contributed by atoms with van der Waals surface area (Å²) in [5, 5.41) is 3.17. The van der Waals surface area contributed by atoms with Crippen LogP contribution in [0.1, 0.15) is 16.7 Å². The van der Waals surface area contributed by atoms with Gasteiger partial charge in [0.1, 0.15) is 17.2 Å². The predicted molar refractivity (Wildman–Crippen MR) is 125 cm³/mol. The van der Waals surface area contributed by atoms with Crippen molar-refractivity contribution in [2.75, 3.05) is 24.4 Å². The maximum absolute atomic E-state index is 13.7. The quantitative estimate of drug-likeness (QED) is 0.576. The smallest absolute Gasteiger partial charge is 0.282 e. The molecule has 0 aliphatic carbocycles. The van der Waals surface area contributed by atoms with Crippen LogP contribution in [-0.4, -0.2) is 26.0 Å². The average molecular weight is 428 g/mol. The first-order chi connectivity index (χ1) is 15.5. The van der Waals surface area contributed by atoms with E-state index >= 15 is 0 Å². The number of carbonyl (C=O) groups excluding carboxylic acids is 2. The molecule has 0 radical (unpaired) electrons. The van der Waals surface area contributed by atoms with Crippen LogP contribution in [0, 0.1) is 13.8 Å². The number of methoxy groups -OCH3 is 2. The van der Waals surface area contributed by atoms with Gasteiger partial charge in [-0.25, -0.2) is 4.90 Å². The zero-order valence-corrected chi connectivity index (χ0v) is 18.4. The van der Waals surface area contributed by atoms with E-state index in [2.05, 4.69) is 5.32 Å². The van der Waals surface area contributed by atoms with Gasteiger partial charge in [0.2, 0.25) is 0 Å². The SMILES string of the molecule is COc1ccccc1NC1=C(c2ccc(C)cc2C)C(=O)N(c2ccccc2OC)C1=O. The van der Waals surface area contributed by atoms with Crippen molar-refractivity contribution in [2.24, 2.45) is 0 Å². The minimum Gasteiger partial charge on any atom is -0.495 e. The summed E-state index contributed by atoms with van der Waals surface area (Å²) in [5.74, 6) is 0.132. The van der Waals surface area contributed by atoms with E-state index in [1.165, 1.54) is 7.11 Å². The zero-order valence-electron chi connectivity index (χ0n) is 18.4. The number of imide groups is 1. The molecular formula is C26H24N2O4. The fraction of sp³-hybridized carbons (Fsp3) is 0.154. The van der Waals surface area contributed by atoms with Crippen molar-refractivity contribution in [3.05, 3.63) is 89.1 Å². The number of nitrogens with zero attached hydrogens (tertiary/aromatic N) is 1. The van der Waals surface area contributed by atoms with Gasteiger partial charge in [-0.05, 0) is 49.2 Å². The van der Waals surface area contributed by atoms with Crippen LogP contribution in [0.2, 0.25) is 0 Å². The van der Waals surface area contributed by atoms with Crippen molar-refractivity contribution in [3.63, 3.8) is 0 Å². The van der Waals surface area contributed by atoms with Crippen molar-refractivity contribution < 1.29 is 19.1 Å². The summed E-state index contributed by atoms with van der Waals surface area (Å²) in [5.41, 5.74) is 4.16. The molecule has 4 rings (SSSR count). The highest BCUT2D eigenvalue weighted by Crippen LogP contribution is 2.39. The highest BCUT2D eigenvalue weighted by atomic mass is 16.5. The second-order valence-corrected chi connectivity index (χ2v) is 7.51. The Bertz CT molecular complexity index is 1250. The monoisotopic (exact) mass is 428 g/mol. The van der Waals surface area contributed by atoms with Crippen LogP contribution < -0.4 is 19.7 Å². The summed E-state index contributed by atoms with van der Waals surface area (Å²) in [4.78, 5) is 28.5. The molecule has 0 saturated carbocycles. The molecule has 1 N–H and O–H groups in total. The highest BCUT2D eigenvalue weighted by molar-refractivity contribution is 6.46. The van der Waals surface area contributed by atoms with E-state index in [1.807, 2.05) is 44.2 Å². The third kappa shape index (κ3) is 3.60. The summed E-state index contributed by atoms with van der Waals surface area (Å²) in [7, 11) is 3.07. The molecule has 1 aliphatic heterocycles. The second-order valence-electron chi connectivity index (χ2n) is 7.51. The number of rotatable bonds is 6. The van der Waals surface area contributed by atoms with E-state index in [9.17, 15) is 9.59 Å². The van der Waals surface area contributed by atoms with Gasteiger partial charge < -0.3 is 14.8 Å². The lowest BCUT2D eigenvalue weighted by Crippen LogP contribution is -2.32. The van der Waals surface area contributed by atoms with Gasteiger partial charge in [0.25, 0.3) is 11.8 Å². The molecule has 0 fully saturated rings. The molecule has 1 heterocycles. The van der Waals surface area contributed by atoms with Crippen LogP contribution in [0.15, 0.2) is 72.4 Å². The molecule has 2 amide bonds. The van der Waals surface area contributed by atoms with Crippen molar-refractivity contribution in [1.29, 1.82) is 0 Å². The van der Waals surface area contributed by atoms with E-state index in [0.29, 0.717) is 34.0 Å². The van der Waals surface area contributed by atoms with Crippen LogP contribution in [0.4, 0.5) is 11.4 Å². The second kappa shape index (κ2) is 8.59. The van der Waals surface area contributed by atoms with E-state index < -0.39 is 11.8 Å². The third-order valence-corrected chi connectivity index (χ3v) is 5.43. The Morgan fingerprint density at radius 2 is 1.44 bits per heavy atom. The number of benzene rings is 3. The van der Waals surface area contributed by atoms with Gasteiger partial charge in [-0.3, -0.25) is 9.59 Å². The number of ether oxygens (including phenoxy) is 2. The number of aryl methyl sites for hydroxylation is 2.